The highest BCUT2D eigenvalue weighted by Gasteiger charge is 2.18. The molecule has 1 atom stereocenters. The molecule has 1 fully saturated rings. The summed E-state index contributed by atoms with van der Waals surface area (Å²) in [7, 11) is 0. The molecule has 0 radical (unpaired) electrons. The normalized spacial score (nSPS) is 17.3. The number of morpholine rings is 1. The van der Waals surface area contributed by atoms with E-state index in [1.165, 1.54) is 15.8 Å². The van der Waals surface area contributed by atoms with Crippen molar-refractivity contribution in [3.63, 3.8) is 0 Å². The van der Waals surface area contributed by atoms with Gasteiger partial charge in [-0.15, -0.1) is 11.3 Å². The van der Waals surface area contributed by atoms with Crippen LogP contribution in [0.4, 0.5) is 5.82 Å². The number of hydrogen-bond donors (Lipinski definition) is 1. The summed E-state index contributed by atoms with van der Waals surface area (Å²) in [6.45, 7) is 10.8. The quantitative estimate of drug-likeness (QED) is 0.846. The van der Waals surface area contributed by atoms with E-state index in [1.807, 2.05) is 11.8 Å². The molecule has 1 unspecified atom stereocenters. The van der Waals surface area contributed by atoms with Gasteiger partial charge in [0.1, 0.15) is 16.5 Å². The van der Waals surface area contributed by atoms with Crippen molar-refractivity contribution in [2.45, 2.75) is 33.4 Å². The third-order valence-corrected chi connectivity index (χ3v) is 6.28. The van der Waals surface area contributed by atoms with Crippen LogP contribution in [0.25, 0.3) is 10.2 Å². The van der Waals surface area contributed by atoms with E-state index >= 15 is 0 Å². The van der Waals surface area contributed by atoms with Gasteiger partial charge in [-0.1, -0.05) is 0 Å². The SMILES string of the molecule is CSCC(C)Nc1nc(CN2CCOCC2)nc2sc(C)c(C)c12. The van der Waals surface area contributed by atoms with Crippen molar-refractivity contribution in [3.8, 4) is 0 Å². The third-order valence-electron chi connectivity index (χ3n) is 4.34. The summed E-state index contributed by atoms with van der Waals surface area (Å²) < 4.78 is 5.43. The van der Waals surface area contributed by atoms with Crippen molar-refractivity contribution in [3.05, 3.63) is 16.3 Å². The van der Waals surface area contributed by atoms with E-state index in [-0.39, 0.29) is 0 Å². The van der Waals surface area contributed by atoms with Crippen molar-refractivity contribution >= 4 is 39.1 Å². The molecule has 1 aliphatic heterocycles. The Bertz CT molecular complexity index is 697. The summed E-state index contributed by atoms with van der Waals surface area (Å²) in [5, 5.41) is 4.80. The number of nitrogens with zero attached hydrogens (tertiary/aromatic N) is 3. The molecule has 1 saturated heterocycles. The minimum atomic E-state index is 0.383. The van der Waals surface area contributed by atoms with E-state index in [0.717, 1.165) is 55.1 Å². The zero-order valence-corrected chi connectivity index (χ0v) is 16.5. The number of rotatable bonds is 6. The molecular weight excluding hydrogens is 340 g/mol. The molecule has 1 aliphatic rings. The number of aryl methyl sites for hydroxylation is 2. The van der Waals surface area contributed by atoms with E-state index in [4.69, 9.17) is 14.7 Å². The topological polar surface area (TPSA) is 50.3 Å². The fourth-order valence-electron chi connectivity index (χ4n) is 2.95. The lowest BCUT2D eigenvalue weighted by Crippen LogP contribution is -2.36. The van der Waals surface area contributed by atoms with Gasteiger partial charge in [-0.25, -0.2) is 9.97 Å². The zero-order valence-electron chi connectivity index (χ0n) is 14.9. The number of thioether (sulfide) groups is 1. The van der Waals surface area contributed by atoms with Crippen LogP contribution in [-0.4, -0.2) is 59.2 Å². The van der Waals surface area contributed by atoms with Crippen LogP contribution < -0.4 is 5.32 Å². The van der Waals surface area contributed by atoms with Crippen molar-refractivity contribution in [1.82, 2.24) is 14.9 Å². The van der Waals surface area contributed by atoms with Gasteiger partial charge < -0.3 is 10.1 Å². The molecule has 0 saturated carbocycles. The largest absolute Gasteiger partial charge is 0.379 e. The molecular formula is C17H26N4OS2. The Morgan fingerprint density at radius 1 is 1.29 bits per heavy atom. The van der Waals surface area contributed by atoms with Crippen LogP contribution in [0, 0.1) is 13.8 Å². The molecule has 2 aromatic rings. The van der Waals surface area contributed by atoms with Crippen LogP contribution in [0.2, 0.25) is 0 Å². The van der Waals surface area contributed by atoms with Crippen LogP contribution in [0.15, 0.2) is 0 Å². The molecule has 3 heterocycles. The van der Waals surface area contributed by atoms with Crippen LogP contribution in [0.1, 0.15) is 23.2 Å². The number of hydrogen-bond acceptors (Lipinski definition) is 7. The van der Waals surface area contributed by atoms with E-state index in [1.54, 1.807) is 11.3 Å². The lowest BCUT2D eigenvalue weighted by Gasteiger charge is -2.26. The Morgan fingerprint density at radius 3 is 2.75 bits per heavy atom. The van der Waals surface area contributed by atoms with Gasteiger partial charge in [0, 0.05) is 29.8 Å². The summed E-state index contributed by atoms with van der Waals surface area (Å²) in [5.41, 5.74) is 1.30. The van der Waals surface area contributed by atoms with Gasteiger partial charge in [-0.2, -0.15) is 11.8 Å². The van der Waals surface area contributed by atoms with Gasteiger partial charge in [-0.3, -0.25) is 4.90 Å². The maximum absolute atomic E-state index is 5.43. The number of thiophene rings is 1. The van der Waals surface area contributed by atoms with Crippen molar-refractivity contribution in [2.75, 3.05) is 43.6 Å². The molecule has 0 aliphatic carbocycles. The maximum Gasteiger partial charge on any atom is 0.146 e. The highest BCUT2D eigenvalue weighted by molar-refractivity contribution is 7.98. The second kappa shape index (κ2) is 7.99. The minimum Gasteiger partial charge on any atom is -0.379 e. The molecule has 5 nitrogen and oxygen atoms in total. The standard InChI is InChI=1S/C17H26N4OS2/c1-11(10-23-4)18-16-15-12(2)13(3)24-17(15)20-14(19-16)9-21-5-7-22-8-6-21/h11H,5-10H2,1-4H3,(H,18,19,20). The number of fused-ring (bicyclic) bond motifs is 1. The van der Waals surface area contributed by atoms with E-state index in [2.05, 4.69) is 37.2 Å². The van der Waals surface area contributed by atoms with Gasteiger partial charge in [0.25, 0.3) is 0 Å². The van der Waals surface area contributed by atoms with Gasteiger partial charge in [0.05, 0.1) is 25.1 Å². The Balaban J connectivity index is 1.92. The minimum absolute atomic E-state index is 0.383. The van der Waals surface area contributed by atoms with Crippen LogP contribution in [0.3, 0.4) is 0 Å². The molecule has 0 amide bonds. The molecule has 24 heavy (non-hydrogen) atoms. The fourth-order valence-corrected chi connectivity index (χ4v) is 4.58. The average Bonchev–Trinajstić information content (AvgIpc) is 2.83. The first-order valence-corrected chi connectivity index (χ1v) is 10.6. The Morgan fingerprint density at radius 2 is 2.04 bits per heavy atom. The first kappa shape index (κ1) is 17.9. The predicted molar refractivity (Wildman–Crippen MR) is 104 cm³/mol. The molecule has 0 aromatic carbocycles. The summed E-state index contributed by atoms with van der Waals surface area (Å²) in [4.78, 5) is 14.5. The van der Waals surface area contributed by atoms with Crippen LogP contribution in [0.5, 0.6) is 0 Å². The van der Waals surface area contributed by atoms with E-state index < -0.39 is 0 Å². The zero-order chi connectivity index (χ0) is 17.1. The third kappa shape index (κ3) is 4.02. The van der Waals surface area contributed by atoms with Crippen molar-refractivity contribution < 1.29 is 4.74 Å². The van der Waals surface area contributed by atoms with E-state index in [9.17, 15) is 0 Å². The van der Waals surface area contributed by atoms with Gasteiger partial charge >= 0.3 is 0 Å². The first-order valence-electron chi connectivity index (χ1n) is 8.40. The smallest absolute Gasteiger partial charge is 0.146 e. The van der Waals surface area contributed by atoms with E-state index in [0.29, 0.717) is 6.04 Å². The number of aromatic nitrogens is 2. The highest BCUT2D eigenvalue weighted by atomic mass is 32.2. The maximum atomic E-state index is 5.43. The molecule has 7 heteroatoms. The van der Waals surface area contributed by atoms with Crippen molar-refractivity contribution in [1.29, 1.82) is 0 Å². The Kier molecular flexibility index (Phi) is 5.97. The van der Waals surface area contributed by atoms with Crippen LogP contribution >= 0.6 is 23.1 Å². The summed E-state index contributed by atoms with van der Waals surface area (Å²) in [5.74, 6) is 2.96. The summed E-state index contributed by atoms with van der Waals surface area (Å²) in [6.07, 6.45) is 2.14. The number of ether oxygens (including phenoxy) is 1. The van der Waals surface area contributed by atoms with Gasteiger partial charge in [-0.05, 0) is 32.6 Å². The van der Waals surface area contributed by atoms with Gasteiger partial charge in [0.2, 0.25) is 0 Å². The second-order valence-electron chi connectivity index (χ2n) is 6.34. The molecule has 0 bridgehead atoms. The van der Waals surface area contributed by atoms with Gasteiger partial charge in [0.15, 0.2) is 0 Å². The molecule has 132 valence electrons. The molecule has 3 rings (SSSR count). The monoisotopic (exact) mass is 366 g/mol. The van der Waals surface area contributed by atoms with Crippen molar-refractivity contribution in [2.24, 2.45) is 0 Å². The Hall–Kier alpha value is -0.890. The number of nitrogens with one attached hydrogen (secondary N) is 1. The second-order valence-corrected chi connectivity index (χ2v) is 8.45. The van der Waals surface area contributed by atoms with Crippen LogP contribution in [-0.2, 0) is 11.3 Å². The lowest BCUT2D eigenvalue weighted by molar-refractivity contribution is 0.0331. The molecule has 2 aromatic heterocycles. The Labute approximate surface area is 152 Å². The average molecular weight is 367 g/mol. The first-order chi connectivity index (χ1) is 11.6. The highest BCUT2D eigenvalue weighted by Crippen LogP contribution is 2.33. The number of anilines is 1. The summed E-state index contributed by atoms with van der Waals surface area (Å²) in [6, 6.07) is 0.383. The molecule has 1 N–H and O–H groups in total. The molecule has 0 spiro atoms. The predicted octanol–water partition coefficient (Wildman–Crippen LogP) is 3.30. The lowest BCUT2D eigenvalue weighted by atomic mass is 10.2. The fraction of sp³-hybridized carbons (Fsp3) is 0.647. The summed E-state index contributed by atoms with van der Waals surface area (Å²) >= 11 is 3.62.